The minimum absolute atomic E-state index is 0.00820. The molecule has 7 rings (SSSR count). The third-order valence-electron chi connectivity index (χ3n) is 12.0. The number of piperidine rings is 3. The molecule has 3 aromatic rings. The normalized spacial score (nSPS) is 19.3. The molecule has 304 valence electrons. The summed E-state index contributed by atoms with van der Waals surface area (Å²) in [5.41, 5.74) is 5.80. The lowest BCUT2D eigenvalue weighted by molar-refractivity contribution is -0.142. The Morgan fingerprint density at radius 2 is 1.40 bits per heavy atom. The summed E-state index contributed by atoms with van der Waals surface area (Å²) in [6.45, 7) is 8.48. The molecule has 0 bridgehead atoms. The van der Waals surface area contributed by atoms with E-state index in [1.807, 2.05) is 90.4 Å². The van der Waals surface area contributed by atoms with Gasteiger partial charge in [-0.05, 0) is 92.7 Å². The first-order valence-corrected chi connectivity index (χ1v) is 20.4. The maximum absolute atomic E-state index is 14.3. The number of aryl methyl sites for hydroxylation is 2. The van der Waals surface area contributed by atoms with Crippen molar-refractivity contribution in [3.8, 4) is 5.75 Å². The second-order valence-corrected chi connectivity index (χ2v) is 15.8. The summed E-state index contributed by atoms with van der Waals surface area (Å²) in [6, 6.07) is 22.1. The topological polar surface area (TPSA) is 141 Å². The number of carbonyl (C=O) groups excluding carboxylic acids is 3. The molecule has 0 aromatic heterocycles. The molecular formula is C44H55N5O8. The minimum Gasteiger partial charge on any atom is -0.488 e. The number of carboxylic acid groups (broad SMARTS) is 1. The Bertz CT molecular complexity index is 1860. The number of nitrogens with one attached hydrogen (secondary N) is 1. The van der Waals surface area contributed by atoms with Crippen molar-refractivity contribution < 1.29 is 38.5 Å². The molecule has 3 aromatic carbocycles. The van der Waals surface area contributed by atoms with Crippen LogP contribution in [0.1, 0.15) is 66.3 Å². The number of anilines is 1. The van der Waals surface area contributed by atoms with Gasteiger partial charge in [0.25, 0.3) is 5.91 Å². The largest absolute Gasteiger partial charge is 0.506 e. The molecule has 0 aliphatic carbocycles. The molecule has 4 aliphatic heterocycles. The molecule has 4 aliphatic rings. The van der Waals surface area contributed by atoms with Gasteiger partial charge >= 0.3 is 18.3 Å². The van der Waals surface area contributed by atoms with Crippen LogP contribution in [0.4, 0.5) is 20.1 Å². The number of para-hydroxylation sites is 1. The van der Waals surface area contributed by atoms with Gasteiger partial charge in [-0.25, -0.2) is 14.4 Å². The van der Waals surface area contributed by atoms with Crippen molar-refractivity contribution in [3.05, 3.63) is 94.5 Å². The van der Waals surface area contributed by atoms with Crippen molar-refractivity contribution >= 4 is 29.9 Å². The highest BCUT2D eigenvalue weighted by atomic mass is 16.7. The third-order valence-corrected chi connectivity index (χ3v) is 12.0. The Hall–Kier alpha value is -5.30. The average Bonchev–Trinajstić information content (AvgIpc) is 3.38. The van der Waals surface area contributed by atoms with Gasteiger partial charge in [-0.15, -0.1) is 0 Å². The monoisotopic (exact) mass is 781 g/mol. The van der Waals surface area contributed by atoms with E-state index in [-0.39, 0.29) is 36.5 Å². The van der Waals surface area contributed by atoms with E-state index in [1.54, 1.807) is 4.90 Å². The summed E-state index contributed by atoms with van der Waals surface area (Å²) in [5, 5.41) is 12.1. The van der Waals surface area contributed by atoms with Gasteiger partial charge in [-0.3, -0.25) is 9.69 Å². The van der Waals surface area contributed by atoms with E-state index >= 15 is 0 Å². The van der Waals surface area contributed by atoms with Gasteiger partial charge in [-0.2, -0.15) is 0 Å². The molecule has 13 nitrogen and oxygen atoms in total. The number of benzene rings is 3. The number of nitrogens with zero attached hydrogens (tertiary/aromatic N) is 4. The smallest absolute Gasteiger partial charge is 0.488 e. The average molecular weight is 782 g/mol. The lowest BCUT2D eigenvalue weighted by atomic mass is 9.97. The van der Waals surface area contributed by atoms with Crippen LogP contribution in [0.15, 0.2) is 66.7 Å². The van der Waals surface area contributed by atoms with Crippen LogP contribution in [0, 0.1) is 13.8 Å². The minimum atomic E-state index is -1.23. The number of hydrogen-bond acceptors (Lipinski definition) is 8. The van der Waals surface area contributed by atoms with Crippen molar-refractivity contribution in [1.82, 2.24) is 19.6 Å². The van der Waals surface area contributed by atoms with Gasteiger partial charge in [0.1, 0.15) is 18.5 Å². The van der Waals surface area contributed by atoms with Gasteiger partial charge in [0.05, 0.1) is 0 Å². The fourth-order valence-corrected chi connectivity index (χ4v) is 8.96. The van der Waals surface area contributed by atoms with E-state index in [1.165, 1.54) is 0 Å². The van der Waals surface area contributed by atoms with Crippen molar-refractivity contribution in [2.24, 2.45) is 0 Å². The second-order valence-electron chi connectivity index (χ2n) is 15.8. The van der Waals surface area contributed by atoms with Crippen molar-refractivity contribution in [2.45, 2.75) is 96.1 Å². The molecule has 4 amide bonds. The fourth-order valence-electron chi connectivity index (χ4n) is 8.96. The van der Waals surface area contributed by atoms with Crippen LogP contribution in [-0.4, -0.2) is 119 Å². The first-order valence-electron chi connectivity index (χ1n) is 20.4. The molecule has 13 heteroatoms. The van der Waals surface area contributed by atoms with Gasteiger partial charge in [0.15, 0.2) is 6.10 Å². The van der Waals surface area contributed by atoms with Crippen LogP contribution in [0.2, 0.25) is 0 Å². The predicted molar refractivity (Wildman–Crippen MR) is 214 cm³/mol. The highest BCUT2D eigenvalue weighted by molar-refractivity contribution is 5.91. The zero-order chi connectivity index (χ0) is 39.9. The zero-order valence-electron chi connectivity index (χ0n) is 33.1. The summed E-state index contributed by atoms with van der Waals surface area (Å²) in [6.07, 6.45) is 2.08. The Morgan fingerprint density at radius 3 is 2.09 bits per heavy atom. The summed E-state index contributed by atoms with van der Waals surface area (Å²) >= 11 is 0. The third kappa shape index (κ3) is 9.99. The standard InChI is InChI=1S/C44H55N5O8/c1-30-26-33(27-31(2)40(30)55-29-32-8-4-3-5-9-32)28-39(41(50)47-19-13-35(14-20-47)46-23-17-37(18-24-46)56-44(53)54)57-43(52)48-21-15-36(16-22-48)49-25-12-34-10-6-7-11-38(34)45-42(49)51/h3-11,26-27,35-37,39H,12-25,28-29H2,1-2H3,(H,45,51)(H,53,54)/t39-/m1/s1. The number of amides is 4. The Morgan fingerprint density at radius 1 is 0.772 bits per heavy atom. The van der Waals surface area contributed by atoms with E-state index in [0.717, 1.165) is 71.6 Å². The van der Waals surface area contributed by atoms with Gasteiger partial charge in [-0.1, -0.05) is 60.7 Å². The van der Waals surface area contributed by atoms with Crippen molar-refractivity contribution in [2.75, 3.05) is 51.1 Å². The number of fused-ring (bicyclic) bond motifs is 1. The highest BCUT2D eigenvalue weighted by Crippen LogP contribution is 2.29. The van der Waals surface area contributed by atoms with Crippen molar-refractivity contribution in [3.63, 3.8) is 0 Å². The number of ether oxygens (including phenoxy) is 3. The maximum atomic E-state index is 14.3. The van der Waals surface area contributed by atoms with Crippen LogP contribution in [0.3, 0.4) is 0 Å². The molecule has 0 saturated carbocycles. The van der Waals surface area contributed by atoms with Crippen LogP contribution >= 0.6 is 0 Å². The number of hydrogen-bond donors (Lipinski definition) is 2. The molecule has 3 fully saturated rings. The second kappa shape index (κ2) is 18.3. The molecule has 1 atom stereocenters. The number of urea groups is 1. The number of likely N-dealkylation sites (tertiary alicyclic amines) is 3. The molecule has 3 saturated heterocycles. The number of carbonyl (C=O) groups is 4. The molecule has 0 radical (unpaired) electrons. The molecule has 0 spiro atoms. The van der Waals surface area contributed by atoms with Crippen LogP contribution < -0.4 is 10.1 Å². The van der Waals surface area contributed by atoms with E-state index in [9.17, 15) is 19.2 Å². The lowest BCUT2D eigenvalue weighted by Gasteiger charge is -2.42. The summed E-state index contributed by atoms with van der Waals surface area (Å²) < 4.78 is 17.4. The van der Waals surface area contributed by atoms with Gasteiger partial charge < -0.3 is 39.3 Å². The first-order chi connectivity index (χ1) is 27.6. The first kappa shape index (κ1) is 39.9. The SMILES string of the molecule is Cc1cc(C[C@@H](OC(=O)N2CCC(N3CCc4ccccc4NC3=O)CC2)C(=O)N2CCC(N3CCC(OC(=O)O)CC3)CC2)cc(C)c1OCc1ccccc1. The summed E-state index contributed by atoms with van der Waals surface area (Å²) in [4.78, 5) is 60.2. The number of rotatable bonds is 10. The van der Waals surface area contributed by atoms with Crippen molar-refractivity contribution in [1.29, 1.82) is 0 Å². The summed E-state index contributed by atoms with van der Waals surface area (Å²) in [7, 11) is 0. The molecular weight excluding hydrogens is 727 g/mol. The molecule has 4 heterocycles. The predicted octanol–water partition coefficient (Wildman–Crippen LogP) is 6.63. The van der Waals surface area contributed by atoms with E-state index < -0.39 is 18.4 Å². The van der Waals surface area contributed by atoms with Gasteiger partial charge in [0, 0.05) is 70.0 Å². The molecule has 57 heavy (non-hydrogen) atoms. The molecule has 0 unspecified atom stereocenters. The molecule has 2 N–H and O–H groups in total. The Kier molecular flexibility index (Phi) is 12.8. The van der Waals surface area contributed by atoms with Crippen LogP contribution in [0.25, 0.3) is 0 Å². The zero-order valence-corrected chi connectivity index (χ0v) is 33.1. The maximum Gasteiger partial charge on any atom is 0.506 e. The summed E-state index contributed by atoms with van der Waals surface area (Å²) in [5.74, 6) is 0.596. The van der Waals surface area contributed by atoms with E-state index in [2.05, 4.69) is 10.2 Å². The van der Waals surface area contributed by atoms with Crippen LogP contribution in [0.5, 0.6) is 5.75 Å². The fraction of sp³-hybridized carbons (Fsp3) is 0.500. The highest BCUT2D eigenvalue weighted by Gasteiger charge is 2.37. The quantitative estimate of drug-likeness (QED) is 0.217. The Balaban J connectivity index is 0.994. The Labute approximate surface area is 334 Å². The van der Waals surface area contributed by atoms with Gasteiger partial charge in [0.2, 0.25) is 0 Å². The van der Waals surface area contributed by atoms with E-state index in [0.29, 0.717) is 65.0 Å². The van der Waals surface area contributed by atoms with E-state index in [4.69, 9.17) is 19.3 Å². The van der Waals surface area contributed by atoms with Crippen LogP contribution in [-0.2, 0) is 33.7 Å². The lowest BCUT2D eigenvalue weighted by Crippen LogP contribution is -2.53.